The number of carbonyl (C=O) groups is 2. The van der Waals surface area contributed by atoms with Gasteiger partial charge in [-0.1, -0.05) is 11.3 Å². The standard InChI is InChI=1S/C25H25F3N8O3/c1-29-24(38)23-15-36(34-33-23)10-3-2-5-17-8-9-18(32-31-17)11-21(37)12-19-14-35(16-30-19)20-6-4-7-22(13-20)39-25(26,27)28/h4,6-9,13-16H,2-3,5,10-12H2,1H3,(H,29,38). The van der Waals surface area contributed by atoms with E-state index in [1.54, 1.807) is 29.2 Å². The highest BCUT2D eigenvalue weighted by Crippen LogP contribution is 2.24. The highest BCUT2D eigenvalue weighted by atomic mass is 19.4. The number of benzene rings is 1. The van der Waals surface area contributed by atoms with Crippen LogP contribution in [0.15, 0.2) is 55.1 Å². The predicted octanol–water partition coefficient (Wildman–Crippen LogP) is 2.89. The molecule has 0 atom stereocenters. The third-order valence-electron chi connectivity index (χ3n) is 5.59. The van der Waals surface area contributed by atoms with Crippen LogP contribution in [0, 0.1) is 0 Å². The molecule has 0 radical (unpaired) electrons. The average molecular weight is 543 g/mol. The van der Waals surface area contributed by atoms with E-state index in [4.69, 9.17) is 0 Å². The van der Waals surface area contributed by atoms with E-state index < -0.39 is 6.36 Å². The summed E-state index contributed by atoms with van der Waals surface area (Å²) in [5, 5.41) is 18.6. The fraction of sp³-hybridized carbons (Fsp3) is 0.320. The molecule has 0 aliphatic heterocycles. The summed E-state index contributed by atoms with van der Waals surface area (Å²) in [4.78, 5) is 28.2. The zero-order valence-electron chi connectivity index (χ0n) is 20.9. The Bertz CT molecular complexity index is 1420. The average Bonchev–Trinajstić information content (AvgIpc) is 3.56. The second kappa shape index (κ2) is 12.3. The Morgan fingerprint density at radius 3 is 2.49 bits per heavy atom. The Hall–Kier alpha value is -4.62. The minimum atomic E-state index is -4.79. The van der Waals surface area contributed by atoms with Gasteiger partial charge in [-0.05, 0) is 43.5 Å². The third-order valence-corrected chi connectivity index (χ3v) is 5.59. The van der Waals surface area contributed by atoms with Crippen LogP contribution < -0.4 is 10.1 Å². The van der Waals surface area contributed by atoms with Crippen molar-refractivity contribution in [3.05, 3.63) is 77.9 Å². The van der Waals surface area contributed by atoms with E-state index in [1.165, 1.54) is 36.1 Å². The van der Waals surface area contributed by atoms with Crippen molar-refractivity contribution in [2.45, 2.75) is 45.0 Å². The van der Waals surface area contributed by atoms with E-state index in [0.29, 0.717) is 30.0 Å². The molecule has 204 valence electrons. The molecule has 4 rings (SSSR count). The number of halogens is 3. The molecule has 3 heterocycles. The number of imidazole rings is 1. The summed E-state index contributed by atoms with van der Waals surface area (Å²) in [7, 11) is 1.53. The second-order valence-electron chi connectivity index (χ2n) is 8.63. The molecular formula is C25H25F3N8O3. The summed E-state index contributed by atoms with van der Waals surface area (Å²) in [5.74, 6) is -0.755. The molecule has 0 aliphatic carbocycles. The molecule has 0 bridgehead atoms. The lowest BCUT2D eigenvalue weighted by atomic mass is 10.1. The molecule has 0 aliphatic rings. The third kappa shape index (κ3) is 8.18. The SMILES string of the molecule is CNC(=O)c1cn(CCCCc2ccc(CC(=O)Cc3cn(-c4cccc(OC(F)(F)F)c4)cn3)nn2)nn1. The Kier molecular flexibility index (Phi) is 8.63. The number of Topliss-reactive ketones (excluding diaryl/α,β-unsaturated/α-hetero) is 1. The molecule has 0 spiro atoms. The van der Waals surface area contributed by atoms with Crippen LogP contribution in [0.25, 0.3) is 5.69 Å². The van der Waals surface area contributed by atoms with Gasteiger partial charge in [-0.3, -0.25) is 14.3 Å². The molecule has 4 aromatic rings. The van der Waals surface area contributed by atoms with Gasteiger partial charge < -0.3 is 14.6 Å². The van der Waals surface area contributed by atoms with Crippen molar-refractivity contribution in [3.63, 3.8) is 0 Å². The van der Waals surface area contributed by atoms with Crippen molar-refractivity contribution in [1.82, 2.24) is 40.1 Å². The minimum absolute atomic E-state index is 0.0408. The minimum Gasteiger partial charge on any atom is -0.406 e. The highest BCUT2D eigenvalue weighted by Gasteiger charge is 2.31. The first-order valence-corrected chi connectivity index (χ1v) is 12.0. The van der Waals surface area contributed by atoms with Crippen LogP contribution in [0.5, 0.6) is 5.75 Å². The number of ketones is 1. The summed E-state index contributed by atoms with van der Waals surface area (Å²) in [6, 6.07) is 9.07. The van der Waals surface area contributed by atoms with Crippen LogP contribution in [0.3, 0.4) is 0 Å². The molecule has 1 aromatic carbocycles. The van der Waals surface area contributed by atoms with Gasteiger partial charge >= 0.3 is 6.36 Å². The van der Waals surface area contributed by atoms with Crippen molar-refractivity contribution in [3.8, 4) is 11.4 Å². The van der Waals surface area contributed by atoms with E-state index in [9.17, 15) is 22.8 Å². The molecule has 3 aromatic heterocycles. The van der Waals surface area contributed by atoms with Crippen molar-refractivity contribution in [1.29, 1.82) is 0 Å². The number of nitrogens with zero attached hydrogens (tertiary/aromatic N) is 7. The Balaban J connectivity index is 1.22. The maximum absolute atomic E-state index is 12.5. The summed E-state index contributed by atoms with van der Waals surface area (Å²) >= 11 is 0. The van der Waals surface area contributed by atoms with Crippen molar-refractivity contribution < 1.29 is 27.5 Å². The fourth-order valence-corrected chi connectivity index (χ4v) is 3.74. The number of amides is 1. The smallest absolute Gasteiger partial charge is 0.406 e. The molecule has 39 heavy (non-hydrogen) atoms. The number of aromatic nitrogens is 7. The predicted molar refractivity (Wildman–Crippen MR) is 131 cm³/mol. The van der Waals surface area contributed by atoms with Crippen molar-refractivity contribution in [2.75, 3.05) is 7.05 Å². The second-order valence-corrected chi connectivity index (χ2v) is 8.63. The molecular weight excluding hydrogens is 517 g/mol. The van der Waals surface area contributed by atoms with E-state index in [0.717, 1.165) is 18.5 Å². The number of ether oxygens (including phenoxy) is 1. The Labute approximate surface area is 221 Å². The number of carbonyl (C=O) groups excluding carboxylic acids is 2. The molecule has 0 saturated heterocycles. The van der Waals surface area contributed by atoms with Gasteiger partial charge in [0, 0.05) is 25.9 Å². The molecule has 1 amide bonds. The number of aryl methyl sites for hydroxylation is 2. The molecule has 14 heteroatoms. The van der Waals surface area contributed by atoms with Crippen LogP contribution in [-0.2, 0) is 30.6 Å². The van der Waals surface area contributed by atoms with Crippen LogP contribution in [-0.4, -0.2) is 59.8 Å². The quantitative estimate of drug-likeness (QED) is 0.271. The monoisotopic (exact) mass is 542 g/mol. The lowest BCUT2D eigenvalue weighted by Crippen LogP contribution is -2.18. The number of nitrogens with one attached hydrogen (secondary N) is 1. The van der Waals surface area contributed by atoms with Gasteiger partial charge in [0.05, 0.1) is 48.1 Å². The molecule has 1 N–H and O–H groups in total. The number of hydrogen-bond donors (Lipinski definition) is 1. The topological polar surface area (TPSA) is 130 Å². The fourth-order valence-electron chi connectivity index (χ4n) is 3.74. The summed E-state index contributed by atoms with van der Waals surface area (Å²) < 4.78 is 44.5. The number of alkyl halides is 3. The highest BCUT2D eigenvalue weighted by molar-refractivity contribution is 5.91. The normalized spacial score (nSPS) is 11.4. The van der Waals surface area contributed by atoms with Crippen LogP contribution >= 0.6 is 0 Å². The maximum Gasteiger partial charge on any atom is 0.573 e. The van der Waals surface area contributed by atoms with E-state index in [-0.39, 0.29) is 36.0 Å². The van der Waals surface area contributed by atoms with Gasteiger partial charge in [0.1, 0.15) is 11.5 Å². The summed E-state index contributed by atoms with van der Waals surface area (Å²) in [5.41, 5.74) is 2.49. The summed E-state index contributed by atoms with van der Waals surface area (Å²) in [6.07, 6.45) is 2.27. The van der Waals surface area contributed by atoms with E-state index >= 15 is 0 Å². The van der Waals surface area contributed by atoms with Gasteiger partial charge in [0.15, 0.2) is 5.69 Å². The maximum atomic E-state index is 12.5. The van der Waals surface area contributed by atoms with Gasteiger partial charge in [0.25, 0.3) is 5.91 Å². The zero-order valence-corrected chi connectivity index (χ0v) is 20.9. The van der Waals surface area contributed by atoms with Crippen LogP contribution in [0.4, 0.5) is 13.2 Å². The van der Waals surface area contributed by atoms with E-state index in [2.05, 4.69) is 35.5 Å². The molecule has 0 saturated carbocycles. The number of rotatable bonds is 12. The van der Waals surface area contributed by atoms with Crippen molar-refractivity contribution >= 4 is 11.7 Å². The van der Waals surface area contributed by atoms with Gasteiger partial charge in [0.2, 0.25) is 0 Å². The van der Waals surface area contributed by atoms with Gasteiger partial charge in [-0.15, -0.1) is 18.3 Å². The number of hydrogen-bond acceptors (Lipinski definition) is 8. The number of unbranched alkanes of at least 4 members (excludes halogenated alkanes) is 1. The zero-order chi connectivity index (χ0) is 27.8. The van der Waals surface area contributed by atoms with Gasteiger partial charge in [-0.25, -0.2) is 4.98 Å². The lowest BCUT2D eigenvalue weighted by molar-refractivity contribution is -0.274. The van der Waals surface area contributed by atoms with Crippen LogP contribution in [0.2, 0.25) is 0 Å². The first-order valence-electron chi connectivity index (χ1n) is 12.0. The van der Waals surface area contributed by atoms with E-state index in [1.807, 2.05) is 6.07 Å². The van der Waals surface area contributed by atoms with Gasteiger partial charge in [-0.2, -0.15) is 10.2 Å². The Morgan fingerprint density at radius 1 is 0.974 bits per heavy atom. The molecule has 11 nitrogen and oxygen atoms in total. The lowest BCUT2D eigenvalue weighted by Gasteiger charge is -2.10. The summed E-state index contributed by atoms with van der Waals surface area (Å²) in [6.45, 7) is 0.618. The van der Waals surface area contributed by atoms with Crippen LogP contribution in [0.1, 0.15) is 40.4 Å². The van der Waals surface area contributed by atoms with Crippen molar-refractivity contribution in [2.24, 2.45) is 0 Å². The Morgan fingerprint density at radius 2 is 1.74 bits per heavy atom. The first kappa shape index (κ1) is 27.4. The molecule has 0 fully saturated rings. The largest absolute Gasteiger partial charge is 0.573 e. The molecule has 0 unspecified atom stereocenters. The first-order chi connectivity index (χ1) is 18.7.